The molecular formula is C10H14FN3O4. The van der Waals surface area contributed by atoms with Crippen LogP contribution in [0, 0.1) is 6.92 Å². The number of ether oxygens (including phenoxy) is 1. The van der Waals surface area contributed by atoms with E-state index in [0.717, 1.165) is 4.57 Å². The molecule has 1 fully saturated rings. The summed E-state index contributed by atoms with van der Waals surface area (Å²) in [7, 11) is 0. The number of halogens is 1. The van der Waals surface area contributed by atoms with Gasteiger partial charge in [-0.2, -0.15) is 0 Å². The molecule has 0 aliphatic carbocycles. The Hall–Kier alpha value is -1.51. The second-order valence-corrected chi connectivity index (χ2v) is 4.21. The molecule has 0 radical (unpaired) electrons. The fraction of sp³-hybridized carbons (Fsp3) is 0.600. The molecule has 100 valence electrons. The minimum atomic E-state index is -1.78. The van der Waals surface area contributed by atoms with Gasteiger partial charge in [-0.15, -0.1) is 0 Å². The van der Waals surface area contributed by atoms with Gasteiger partial charge in [-0.05, 0) is 6.92 Å². The molecule has 18 heavy (non-hydrogen) atoms. The van der Waals surface area contributed by atoms with Crippen LogP contribution < -0.4 is 17.0 Å². The largest absolute Gasteiger partial charge is 0.387 e. The highest BCUT2D eigenvalue weighted by molar-refractivity contribution is 5.03. The number of nitrogens with zero attached hydrogens (tertiary/aromatic N) is 1. The minimum absolute atomic E-state index is 0.0603. The maximum Gasteiger partial charge on any atom is 0.330 e. The molecule has 0 bridgehead atoms. The normalized spacial score (nSPS) is 31.8. The van der Waals surface area contributed by atoms with Gasteiger partial charge in [0, 0.05) is 18.3 Å². The van der Waals surface area contributed by atoms with Gasteiger partial charge in [-0.25, -0.2) is 9.18 Å². The molecule has 1 aliphatic rings. The lowest BCUT2D eigenvalue weighted by molar-refractivity contribution is -0.0226. The van der Waals surface area contributed by atoms with Crippen LogP contribution in [0.15, 0.2) is 15.8 Å². The SMILES string of the molecule is Cc1cn([C@@H]2OC(CN)[C@H](O)[C@H]2F)c(=O)[nH]c1=O. The fourth-order valence-electron chi connectivity index (χ4n) is 1.90. The van der Waals surface area contributed by atoms with Crippen LogP contribution in [-0.2, 0) is 4.74 Å². The summed E-state index contributed by atoms with van der Waals surface area (Å²) < 4.78 is 19.9. The molecule has 4 atom stereocenters. The summed E-state index contributed by atoms with van der Waals surface area (Å²) in [5, 5.41) is 9.54. The Morgan fingerprint density at radius 3 is 2.83 bits per heavy atom. The summed E-state index contributed by atoms with van der Waals surface area (Å²) in [5.74, 6) is 0. The Morgan fingerprint density at radius 2 is 2.28 bits per heavy atom. The van der Waals surface area contributed by atoms with Crippen molar-refractivity contribution in [3.8, 4) is 0 Å². The number of aromatic amines is 1. The van der Waals surface area contributed by atoms with E-state index < -0.39 is 35.9 Å². The van der Waals surface area contributed by atoms with E-state index in [9.17, 15) is 19.1 Å². The van der Waals surface area contributed by atoms with Gasteiger partial charge in [0.25, 0.3) is 5.56 Å². The van der Waals surface area contributed by atoms with Crippen LogP contribution in [0.25, 0.3) is 0 Å². The van der Waals surface area contributed by atoms with E-state index in [1.54, 1.807) is 0 Å². The molecule has 0 aromatic carbocycles. The molecule has 1 aromatic rings. The summed E-state index contributed by atoms with van der Waals surface area (Å²) in [4.78, 5) is 24.8. The van der Waals surface area contributed by atoms with Crippen molar-refractivity contribution < 1.29 is 14.2 Å². The lowest BCUT2D eigenvalue weighted by Gasteiger charge is -2.16. The molecule has 2 heterocycles. The molecule has 7 nitrogen and oxygen atoms in total. The van der Waals surface area contributed by atoms with Crippen molar-refractivity contribution in [3.05, 3.63) is 32.6 Å². The zero-order valence-electron chi connectivity index (χ0n) is 9.67. The molecule has 1 saturated heterocycles. The Morgan fingerprint density at radius 1 is 1.61 bits per heavy atom. The Kier molecular flexibility index (Phi) is 3.33. The van der Waals surface area contributed by atoms with Gasteiger partial charge in [-0.3, -0.25) is 14.3 Å². The second-order valence-electron chi connectivity index (χ2n) is 4.21. The Bertz CT molecular complexity index is 555. The van der Waals surface area contributed by atoms with Gasteiger partial charge in [0.15, 0.2) is 12.4 Å². The highest BCUT2D eigenvalue weighted by Crippen LogP contribution is 2.30. The van der Waals surface area contributed by atoms with Crippen LogP contribution in [-0.4, -0.2) is 39.6 Å². The number of hydrogen-bond acceptors (Lipinski definition) is 5. The van der Waals surface area contributed by atoms with Gasteiger partial charge < -0.3 is 15.6 Å². The van der Waals surface area contributed by atoms with Crippen LogP contribution in [0.3, 0.4) is 0 Å². The van der Waals surface area contributed by atoms with Crippen molar-refractivity contribution in [3.63, 3.8) is 0 Å². The number of aliphatic hydroxyl groups excluding tert-OH is 1. The van der Waals surface area contributed by atoms with Crippen molar-refractivity contribution in [2.75, 3.05) is 6.54 Å². The van der Waals surface area contributed by atoms with Crippen LogP contribution in [0.1, 0.15) is 11.8 Å². The third kappa shape index (κ3) is 1.98. The smallest absolute Gasteiger partial charge is 0.330 e. The summed E-state index contributed by atoms with van der Waals surface area (Å²) in [6.07, 6.45) is -4.12. The van der Waals surface area contributed by atoms with Gasteiger partial charge in [-0.1, -0.05) is 0 Å². The number of nitrogens with one attached hydrogen (secondary N) is 1. The van der Waals surface area contributed by atoms with Gasteiger partial charge in [0.1, 0.15) is 12.2 Å². The third-order valence-corrected chi connectivity index (χ3v) is 2.95. The lowest BCUT2D eigenvalue weighted by Crippen LogP contribution is -2.37. The molecule has 0 spiro atoms. The van der Waals surface area contributed by atoms with E-state index >= 15 is 0 Å². The number of hydrogen-bond donors (Lipinski definition) is 3. The van der Waals surface area contributed by atoms with Crippen LogP contribution >= 0.6 is 0 Å². The molecular weight excluding hydrogens is 245 g/mol. The average molecular weight is 259 g/mol. The Labute approximate surface area is 101 Å². The van der Waals surface area contributed by atoms with E-state index in [1.807, 2.05) is 4.98 Å². The van der Waals surface area contributed by atoms with Gasteiger partial charge in [0.05, 0.1) is 0 Å². The summed E-state index contributed by atoms with van der Waals surface area (Å²) >= 11 is 0. The predicted octanol–water partition coefficient (Wildman–Crippen LogP) is -1.60. The standard InChI is InChI=1S/C10H14FN3O4/c1-4-3-14(10(17)13-8(4)16)9-6(11)7(15)5(2-12)18-9/h3,5-7,9,15H,2,12H2,1H3,(H,13,16,17)/t5?,6-,7+,9-/m1/s1. The molecule has 2 rings (SSSR count). The molecule has 0 saturated carbocycles. The van der Waals surface area contributed by atoms with Gasteiger partial charge in [0.2, 0.25) is 0 Å². The first-order valence-electron chi connectivity index (χ1n) is 5.45. The summed E-state index contributed by atoms with van der Waals surface area (Å²) in [6, 6.07) is 0. The average Bonchev–Trinajstić information content (AvgIpc) is 2.61. The first-order valence-corrected chi connectivity index (χ1v) is 5.45. The van der Waals surface area contributed by atoms with Crippen molar-refractivity contribution >= 4 is 0 Å². The topological polar surface area (TPSA) is 110 Å². The van der Waals surface area contributed by atoms with E-state index in [0.29, 0.717) is 0 Å². The lowest BCUT2D eigenvalue weighted by atomic mass is 10.1. The summed E-state index contributed by atoms with van der Waals surface area (Å²) in [5.41, 5.74) is 4.24. The number of aliphatic hydroxyl groups is 1. The maximum atomic E-state index is 13.8. The van der Waals surface area contributed by atoms with E-state index in [2.05, 4.69) is 0 Å². The Balaban J connectivity index is 2.42. The quantitative estimate of drug-likeness (QED) is 0.592. The zero-order chi connectivity index (χ0) is 13.4. The monoisotopic (exact) mass is 259 g/mol. The number of aryl methyl sites for hydroxylation is 1. The van der Waals surface area contributed by atoms with Crippen LogP contribution in [0.4, 0.5) is 4.39 Å². The van der Waals surface area contributed by atoms with E-state index in [1.165, 1.54) is 13.1 Å². The van der Waals surface area contributed by atoms with E-state index in [-0.39, 0.29) is 12.1 Å². The first kappa shape index (κ1) is 12.9. The van der Waals surface area contributed by atoms with Crippen molar-refractivity contribution in [1.29, 1.82) is 0 Å². The molecule has 4 N–H and O–H groups in total. The zero-order valence-corrected chi connectivity index (χ0v) is 9.67. The molecule has 1 unspecified atom stereocenters. The minimum Gasteiger partial charge on any atom is -0.387 e. The molecule has 1 aliphatic heterocycles. The van der Waals surface area contributed by atoms with Crippen molar-refractivity contribution in [2.24, 2.45) is 5.73 Å². The van der Waals surface area contributed by atoms with E-state index in [4.69, 9.17) is 10.5 Å². The van der Waals surface area contributed by atoms with Crippen LogP contribution in [0.5, 0.6) is 0 Å². The maximum absolute atomic E-state index is 13.8. The molecule has 1 aromatic heterocycles. The highest BCUT2D eigenvalue weighted by Gasteiger charge is 2.44. The fourth-order valence-corrected chi connectivity index (χ4v) is 1.90. The second kappa shape index (κ2) is 4.63. The number of rotatable bonds is 2. The predicted molar refractivity (Wildman–Crippen MR) is 59.9 cm³/mol. The van der Waals surface area contributed by atoms with Crippen LogP contribution in [0.2, 0.25) is 0 Å². The molecule has 8 heteroatoms. The number of H-pyrrole nitrogens is 1. The summed E-state index contributed by atoms with van der Waals surface area (Å²) in [6.45, 7) is 1.42. The molecule has 0 amide bonds. The number of nitrogens with two attached hydrogens (primary N) is 1. The van der Waals surface area contributed by atoms with Gasteiger partial charge >= 0.3 is 5.69 Å². The first-order chi connectivity index (χ1) is 8.45. The van der Waals surface area contributed by atoms with Crippen molar-refractivity contribution in [2.45, 2.75) is 31.5 Å². The van der Waals surface area contributed by atoms with Crippen molar-refractivity contribution in [1.82, 2.24) is 9.55 Å². The third-order valence-electron chi connectivity index (χ3n) is 2.95. The highest BCUT2D eigenvalue weighted by atomic mass is 19.1. The number of aromatic nitrogens is 2. The number of alkyl halides is 1.